The lowest BCUT2D eigenvalue weighted by molar-refractivity contribution is 1.15. The lowest BCUT2D eigenvalue weighted by Crippen LogP contribution is -1.98. The molecule has 0 saturated heterocycles. The van der Waals surface area contributed by atoms with E-state index in [1.54, 1.807) is 0 Å². The number of nitrogens with one attached hydrogen (secondary N) is 2. The van der Waals surface area contributed by atoms with Crippen LogP contribution < -0.4 is 10.6 Å². The van der Waals surface area contributed by atoms with Gasteiger partial charge in [0.2, 0.25) is 0 Å². The lowest BCUT2D eigenvalue weighted by atomic mass is 10.2. The van der Waals surface area contributed by atoms with Gasteiger partial charge in [-0.05, 0) is 42.0 Å². The largest absolute Gasteiger partial charge is 0.381 e. The van der Waals surface area contributed by atoms with Crippen molar-refractivity contribution in [2.24, 2.45) is 0 Å². The van der Waals surface area contributed by atoms with Crippen LogP contribution in [0.25, 0.3) is 0 Å². The molecule has 0 aliphatic rings. The topological polar surface area (TPSA) is 24.1 Å². The van der Waals surface area contributed by atoms with E-state index in [1.165, 1.54) is 5.56 Å². The summed E-state index contributed by atoms with van der Waals surface area (Å²) in [7, 11) is 0. The molecular formula is C27H30N2. The third-order valence-corrected chi connectivity index (χ3v) is 3.95. The zero-order valence-electron chi connectivity index (χ0n) is 17.3. The molecule has 2 nitrogen and oxygen atoms in total. The van der Waals surface area contributed by atoms with Gasteiger partial charge in [-0.1, -0.05) is 98.8 Å². The van der Waals surface area contributed by atoms with Gasteiger partial charge in [0, 0.05) is 23.6 Å². The molecule has 2 heteroatoms. The summed E-state index contributed by atoms with van der Waals surface area (Å²) in [6, 6.07) is 40.9. The van der Waals surface area contributed by atoms with E-state index in [4.69, 9.17) is 0 Å². The van der Waals surface area contributed by atoms with Crippen molar-refractivity contribution in [1.29, 1.82) is 0 Å². The predicted octanol–water partition coefficient (Wildman–Crippen LogP) is 7.76. The van der Waals surface area contributed by atoms with Gasteiger partial charge in [-0.15, -0.1) is 0 Å². The summed E-state index contributed by atoms with van der Waals surface area (Å²) in [5, 5.41) is 6.66. The highest BCUT2D eigenvalue weighted by Gasteiger charge is 1.91. The van der Waals surface area contributed by atoms with Crippen molar-refractivity contribution in [3.8, 4) is 0 Å². The fourth-order valence-corrected chi connectivity index (χ4v) is 2.57. The Hall–Kier alpha value is -3.52. The van der Waals surface area contributed by atoms with E-state index in [9.17, 15) is 0 Å². The second-order valence-corrected chi connectivity index (χ2v) is 6.06. The Bertz CT molecular complexity index is 800. The number of anilines is 3. The van der Waals surface area contributed by atoms with Crippen LogP contribution in [0.1, 0.15) is 19.4 Å². The monoisotopic (exact) mass is 382 g/mol. The second-order valence-electron chi connectivity index (χ2n) is 6.06. The Morgan fingerprint density at radius 1 is 0.448 bits per heavy atom. The molecule has 0 fully saturated rings. The first kappa shape index (κ1) is 21.8. The van der Waals surface area contributed by atoms with Gasteiger partial charge in [0.15, 0.2) is 0 Å². The van der Waals surface area contributed by atoms with Crippen molar-refractivity contribution in [2.45, 2.75) is 20.4 Å². The molecule has 4 aromatic rings. The van der Waals surface area contributed by atoms with E-state index in [0.29, 0.717) is 0 Å². The van der Waals surface area contributed by atoms with Crippen LogP contribution in [0.3, 0.4) is 0 Å². The van der Waals surface area contributed by atoms with Gasteiger partial charge in [-0.3, -0.25) is 0 Å². The lowest BCUT2D eigenvalue weighted by Gasteiger charge is -2.05. The molecule has 0 unspecified atom stereocenters. The highest BCUT2D eigenvalue weighted by Crippen LogP contribution is 2.14. The first-order valence-corrected chi connectivity index (χ1v) is 10.1. The zero-order valence-corrected chi connectivity index (χ0v) is 17.3. The Balaban J connectivity index is 0.000000191. The summed E-state index contributed by atoms with van der Waals surface area (Å²) >= 11 is 0. The number of hydrogen-bond acceptors (Lipinski definition) is 2. The van der Waals surface area contributed by atoms with Crippen LogP contribution in [-0.2, 0) is 6.54 Å². The van der Waals surface area contributed by atoms with Crippen LogP contribution in [0.5, 0.6) is 0 Å². The van der Waals surface area contributed by atoms with E-state index in [-0.39, 0.29) is 0 Å². The molecule has 0 aromatic heterocycles. The molecule has 29 heavy (non-hydrogen) atoms. The second kappa shape index (κ2) is 13.6. The summed E-state index contributed by atoms with van der Waals surface area (Å²) in [5.41, 5.74) is 4.70. The van der Waals surface area contributed by atoms with Crippen LogP contribution >= 0.6 is 0 Å². The number of hydrogen-bond donors (Lipinski definition) is 2. The molecule has 0 spiro atoms. The maximum Gasteiger partial charge on any atom is 0.0400 e. The highest BCUT2D eigenvalue weighted by molar-refractivity contribution is 5.58. The minimum absolute atomic E-state index is 0.880. The van der Waals surface area contributed by atoms with Gasteiger partial charge in [0.1, 0.15) is 0 Å². The normalized spacial score (nSPS) is 9.17. The Labute approximate surface area is 175 Å². The summed E-state index contributed by atoms with van der Waals surface area (Å²) in [6.07, 6.45) is 0. The molecule has 4 aromatic carbocycles. The summed E-state index contributed by atoms with van der Waals surface area (Å²) < 4.78 is 0. The van der Waals surface area contributed by atoms with Crippen LogP contribution in [-0.4, -0.2) is 0 Å². The van der Waals surface area contributed by atoms with Crippen molar-refractivity contribution in [1.82, 2.24) is 0 Å². The molecule has 2 N–H and O–H groups in total. The quantitative estimate of drug-likeness (QED) is 0.368. The van der Waals surface area contributed by atoms with Crippen molar-refractivity contribution >= 4 is 17.1 Å². The summed E-state index contributed by atoms with van der Waals surface area (Å²) in [5.74, 6) is 0. The number of para-hydroxylation sites is 3. The summed E-state index contributed by atoms with van der Waals surface area (Å²) in [4.78, 5) is 0. The van der Waals surface area contributed by atoms with E-state index in [1.807, 2.05) is 98.8 Å². The van der Waals surface area contributed by atoms with Gasteiger partial charge < -0.3 is 10.6 Å². The molecule has 0 saturated carbocycles. The summed E-state index contributed by atoms with van der Waals surface area (Å²) in [6.45, 7) is 4.88. The predicted molar refractivity (Wildman–Crippen MR) is 128 cm³/mol. The fourth-order valence-electron chi connectivity index (χ4n) is 2.57. The first-order valence-electron chi connectivity index (χ1n) is 10.1. The molecule has 0 bridgehead atoms. The molecule has 148 valence electrons. The van der Waals surface area contributed by atoms with Gasteiger partial charge in [-0.2, -0.15) is 0 Å². The van der Waals surface area contributed by atoms with E-state index in [0.717, 1.165) is 23.6 Å². The smallest absolute Gasteiger partial charge is 0.0400 e. The van der Waals surface area contributed by atoms with Crippen LogP contribution in [0.4, 0.5) is 17.1 Å². The molecular weight excluding hydrogens is 352 g/mol. The molecule has 0 aliphatic heterocycles. The van der Waals surface area contributed by atoms with E-state index >= 15 is 0 Å². The van der Waals surface area contributed by atoms with Crippen LogP contribution in [0, 0.1) is 0 Å². The highest BCUT2D eigenvalue weighted by atomic mass is 14.9. The minimum Gasteiger partial charge on any atom is -0.381 e. The number of benzene rings is 4. The Morgan fingerprint density at radius 2 is 0.793 bits per heavy atom. The van der Waals surface area contributed by atoms with Crippen LogP contribution in [0.2, 0.25) is 0 Å². The third kappa shape index (κ3) is 8.81. The van der Waals surface area contributed by atoms with Crippen molar-refractivity contribution in [3.63, 3.8) is 0 Å². The Kier molecular flexibility index (Phi) is 10.2. The zero-order chi connectivity index (χ0) is 20.6. The van der Waals surface area contributed by atoms with Crippen molar-refractivity contribution < 1.29 is 0 Å². The van der Waals surface area contributed by atoms with Gasteiger partial charge in [0.05, 0.1) is 0 Å². The van der Waals surface area contributed by atoms with E-state index < -0.39 is 0 Å². The van der Waals surface area contributed by atoms with Gasteiger partial charge >= 0.3 is 0 Å². The molecule has 0 radical (unpaired) electrons. The van der Waals surface area contributed by atoms with Gasteiger partial charge in [0.25, 0.3) is 0 Å². The molecule has 0 amide bonds. The van der Waals surface area contributed by atoms with Gasteiger partial charge in [-0.25, -0.2) is 0 Å². The maximum absolute atomic E-state index is 3.36. The molecule has 0 aliphatic carbocycles. The molecule has 0 atom stereocenters. The average Bonchev–Trinajstić information content (AvgIpc) is 2.82. The van der Waals surface area contributed by atoms with Crippen molar-refractivity contribution in [3.05, 3.63) is 127 Å². The maximum atomic E-state index is 3.36. The van der Waals surface area contributed by atoms with Crippen molar-refractivity contribution in [2.75, 3.05) is 10.6 Å². The van der Waals surface area contributed by atoms with E-state index in [2.05, 4.69) is 47.0 Å². The molecule has 4 rings (SSSR count). The average molecular weight is 383 g/mol. The standard InChI is InChI=1S/C13H13N.C12H11N.C2H6/c1-3-7-12(8-4-1)11-14-13-9-5-2-6-10-13;1-3-7-11(8-4-1)13-12-9-5-2-6-10-12;1-2/h1-10,14H,11H2;1-10,13H;1-2H3. The Morgan fingerprint density at radius 3 is 1.21 bits per heavy atom. The number of rotatable bonds is 5. The fraction of sp³-hybridized carbons (Fsp3) is 0.111. The third-order valence-electron chi connectivity index (χ3n) is 3.95. The SMILES string of the molecule is CC.c1ccc(CNc2ccccc2)cc1.c1ccc(Nc2ccccc2)cc1. The minimum atomic E-state index is 0.880. The van der Waals surface area contributed by atoms with Crippen LogP contribution in [0.15, 0.2) is 121 Å². The first-order chi connectivity index (χ1) is 14.4. The molecule has 0 heterocycles.